The highest BCUT2D eigenvalue weighted by Crippen LogP contribution is 2.19. The van der Waals surface area contributed by atoms with E-state index in [0.29, 0.717) is 17.9 Å². The minimum atomic E-state index is 0.485. The van der Waals surface area contributed by atoms with Gasteiger partial charge in [-0.3, -0.25) is 5.01 Å². The molecule has 0 spiro atoms. The molecule has 70 valence electrons. The summed E-state index contributed by atoms with van der Waals surface area (Å²) in [7, 11) is 0. The molecule has 0 radical (unpaired) electrons. The van der Waals surface area contributed by atoms with E-state index in [4.69, 9.17) is 11.0 Å². The molecule has 14 heavy (non-hydrogen) atoms. The van der Waals surface area contributed by atoms with Crippen LogP contribution in [0.15, 0.2) is 41.7 Å². The first-order valence-electron chi connectivity index (χ1n) is 4.30. The van der Waals surface area contributed by atoms with Crippen LogP contribution in [0.5, 0.6) is 0 Å². The highest BCUT2D eigenvalue weighted by molar-refractivity contribution is 5.54. The normalized spacial score (nSPS) is 15.8. The molecule has 4 nitrogen and oxygen atoms in total. The lowest BCUT2D eigenvalue weighted by Crippen LogP contribution is -2.34. The quantitative estimate of drug-likeness (QED) is 0.677. The maximum absolute atomic E-state index is 8.75. The van der Waals surface area contributed by atoms with Gasteiger partial charge in [0.1, 0.15) is 5.82 Å². The number of hydrazine groups is 1. The van der Waals surface area contributed by atoms with Gasteiger partial charge < -0.3 is 5.73 Å². The summed E-state index contributed by atoms with van der Waals surface area (Å²) in [6.45, 7) is 0.497. The van der Waals surface area contributed by atoms with Crippen LogP contribution in [0.3, 0.4) is 0 Å². The average Bonchev–Trinajstić information content (AvgIpc) is 2.61. The molecule has 0 atom stereocenters. The van der Waals surface area contributed by atoms with Crippen molar-refractivity contribution in [2.24, 2.45) is 5.73 Å². The van der Waals surface area contributed by atoms with Gasteiger partial charge in [-0.1, -0.05) is 18.2 Å². The Morgan fingerprint density at radius 3 is 2.64 bits per heavy atom. The molecule has 0 unspecified atom stereocenters. The molecule has 0 aromatic heterocycles. The molecule has 3 N–H and O–H groups in total. The molecule has 2 rings (SSSR count). The van der Waals surface area contributed by atoms with Crippen LogP contribution >= 0.6 is 0 Å². The van der Waals surface area contributed by atoms with Gasteiger partial charge in [-0.2, -0.15) is 5.26 Å². The molecule has 4 heteroatoms. The molecular weight excluding hydrogens is 176 g/mol. The number of para-hydroxylation sites is 1. The number of rotatable bonds is 1. The van der Waals surface area contributed by atoms with Gasteiger partial charge in [0.25, 0.3) is 0 Å². The van der Waals surface area contributed by atoms with Crippen molar-refractivity contribution in [3.8, 4) is 6.07 Å². The molecule has 1 aromatic carbocycles. The predicted octanol–water partition coefficient (Wildman–Crippen LogP) is 0.705. The van der Waals surface area contributed by atoms with Crippen LogP contribution in [0, 0.1) is 11.3 Å². The van der Waals surface area contributed by atoms with Crippen molar-refractivity contribution in [2.45, 2.75) is 0 Å². The first-order chi connectivity index (χ1) is 6.83. The van der Waals surface area contributed by atoms with Gasteiger partial charge in [0.2, 0.25) is 0 Å². The molecule has 1 aromatic rings. The maximum Gasteiger partial charge on any atom is 0.133 e. The lowest BCUT2D eigenvalue weighted by molar-refractivity contribution is 0.785. The summed E-state index contributed by atoms with van der Waals surface area (Å²) in [5, 5.41) is 10.5. The van der Waals surface area contributed by atoms with E-state index in [1.807, 2.05) is 30.3 Å². The van der Waals surface area contributed by atoms with Crippen molar-refractivity contribution in [3.63, 3.8) is 0 Å². The average molecular weight is 186 g/mol. The molecule has 0 saturated carbocycles. The summed E-state index contributed by atoms with van der Waals surface area (Å²) >= 11 is 0. The summed E-state index contributed by atoms with van der Waals surface area (Å²) in [4.78, 5) is 0. The summed E-state index contributed by atoms with van der Waals surface area (Å²) in [6.07, 6.45) is 0. The smallest absolute Gasteiger partial charge is 0.133 e. The maximum atomic E-state index is 8.75. The first-order valence-corrected chi connectivity index (χ1v) is 4.30. The molecule has 1 aliphatic heterocycles. The van der Waals surface area contributed by atoms with Crippen molar-refractivity contribution in [2.75, 3.05) is 11.6 Å². The van der Waals surface area contributed by atoms with Gasteiger partial charge in [-0.05, 0) is 12.1 Å². The SMILES string of the molecule is N#CC1=C(N)N(c2ccccc2)NC1. The van der Waals surface area contributed by atoms with Gasteiger partial charge in [0, 0.05) is 0 Å². The van der Waals surface area contributed by atoms with Crippen molar-refractivity contribution in [3.05, 3.63) is 41.7 Å². The summed E-state index contributed by atoms with van der Waals surface area (Å²) in [5.74, 6) is 0.485. The highest BCUT2D eigenvalue weighted by Gasteiger charge is 2.20. The van der Waals surface area contributed by atoms with E-state index in [9.17, 15) is 0 Å². The summed E-state index contributed by atoms with van der Waals surface area (Å²) < 4.78 is 0. The number of nitriles is 1. The molecular formula is C10H10N4. The molecule has 0 saturated heterocycles. The van der Waals surface area contributed by atoms with Crippen LogP contribution in [-0.2, 0) is 0 Å². The number of nitrogens with one attached hydrogen (secondary N) is 1. The molecule has 0 aliphatic carbocycles. The third kappa shape index (κ3) is 1.30. The van der Waals surface area contributed by atoms with Crippen molar-refractivity contribution >= 4 is 5.69 Å². The van der Waals surface area contributed by atoms with E-state index in [2.05, 4.69) is 11.5 Å². The van der Waals surface area contributed by atoms with E-state index in [1.165, 1.54) is 0 Å². The Hall–Kier alpha value is -1.99. The second-order valence-electron chi connectivity index (χ2n) is 2.98. The molecule has 1 heterocycles. The van der Waals surface area contributed by atoms with Crippen LogP contribution in [0.1, 0.15) is 0 Å². The van der Waals surface area contributed by atoms with Crippen LogP contribution in [0.4, 0.5) is 5.69 Å². The topological polar surface area (TPSA) is 65.1 Å². The van der Waals surface area contributed by atoms with Gasteiger partial charge in [-0.25, -0.2) is 5.43 Å². The van der Waals surface area contributed by atoms with Crippen molar-refractivity contribution < 1.29 is 0 Å². The minimum Gasteiger partial charge on any atom is -0.383 e. The Labute approximate surface area is 82.2 Å². The van der Waals surface area contributed by atoms with E-state index >= 15 is 0 Å². The number of hydrogen-bond donors (Lipinski definition) is 2. The van der Waals surface area contributed by atoms with Gasteiger partial charge in [0.15, 0.2) is 0 Å². The minimum absolute atomic E-state index is 0.485. The predicted molar refractivity (Wildman–Crippen MR) is 53.8 cm³/mol. The summed E-state index contributed by atoms with van der Waals surface area (Å²) in [6, 6.07) is 11.7. The Bertz CT molecular complexity index is 402. The number of hydrogen-bond acceptors (Lipinski definition) is 4. The lowest BCUT2D eigenvalue weighted by Gasteiger charge is -2.18. The van der Waals surface area contributed by atoms with E-state index < -0.39 is 0 Å². The van der Waals surface area contributed by atoms with E-state index in [0.717, 1.165) is 5.69 Å². The molecule has 0 bridgehead atoms. The Kier molecular flexibility index (Phi) is 2.09. The number of benzene rings is 1. The van der Waals surface area contributed by atoms with Crippen LogP contribution in [0.25, 0.3) is 0 Å². The molecule has 0 amide bonds. The Morgan fingerprint density at radius 1 is 1.36 bits per heavy atom. The standard InChI is InChI=1S/C10H10N4/c11-6-8-7-13-14(10(8)12)9-4-2-1-3-5-9/h1-5,13H,7,12H2. The molecule has 1 aliphatic rings. The fraction of sp³-hybridized carbons (Fsp3) is 0.100. The van der Waals surface area contributed by atoms with Gasteiger partial charge in [0.05, 0.1) is 23.9 Å². The zero-order valence-electron chi connectivity index (χ0n) is 7.57. The Balaban J connectivity index is 2.33. The Morgan fingerprint density at radius 2 is 2.07 bits per heavy atom. The first kappa shape index (κ1) is 8.60. The van der Waals surface area contributed by atoms with Gasteiger partial charge >= 0.3 is 0 Å². The van der Waals surface area contributed by atoms with E-state index in [1.54, 1.807) is 5.01 Å². The monoisotopic (exact) mass is 186 g/mol. The van der Waals surface area contributed by atoms with Crippen LogP contribution in [0.2, 0.25) is 0 Å². The lowest BCUT2D eigenvalue weighted by atomic mass is 10.3. The fourth-order valence-corrected chi connectivity index (χ4v) is 1.37. The second-order valence-corrected chi connectivity index (χ2v) is 2.98. The third-order valence-electron chi connectivity index (χ3n) is 2.11. The van der Waals surface area contributed by atoms with E-state index in [-0.39, 0.29) is 0 Å². The number of nitrogens with two attached hydrogens (primary N) is 1. The number of nitrogens with zero attached hydrogens (tertiary/aromatic N) is 2. The van der Waals surface area contributed by atoms with Crippen LogP contribution < -0.4 is 16.2 Å². The van der Waals surface area contributed by atoms with Crippen molar-refractivity contribution in [1.29, 1.82) is 5.26 Å². The van der Waals surface area contributed by atoms with Crippen LogP contribution in [-0.4, -0.2) is 6.54 Å². The zero-order chi connectivity index (χ0) is 9.97. The second kappa shape index (κ2) is 3.40. The number of anilines is 1. The largest absolute Gasteiger partial charge is 0.383 e. The molecule has 0 fully saturated rings. The van der Waals surface area contributed by atoms with Gasteiger partial charge in [-0.15, -0.1) is 0 Å². The summed E-state index contributed by atoms with van der Waals surface area (Å²) in [5.41, 5.74) is 10.3. The fourth-order valence-electron chi connectivity index (χ4n) is 1.37. The van der Waals surface area contributed by atoms with Crippen molar-refractivity contribution in [1.82, 2.24) is 5.43 Å². The third-order valence-corrected chi connectivity index (χ3v) is 2.11. The highest BCUT2D eigenvalue weighted by atomic mass is 15.6. The zero-order valence-corrected chi connectivity index (χ0v) is 7.57.